The topological polar surface area (TPSA) is 53.4 Å². The van der Waals surface area contributed by atoms with Gasteiger partial charge in [0.05, 0.1) is 23.1 Å². The predicted octanol–water partition coefficient (Wildman–Crippen LogP) is 3.96. The second-order valence-electron chi connectivity index (χ2n) is 8.47. The second kappa shape index (κ2) is 9.35. The molecular weight excluding hydrogens is 422 g/mol. The molecule has 0 spiro atoms. The van der Waals surface area contributed by atoms with Gasteiger partial charge in [-0.25, -0.2) is 4.68 Å². The summed E-state index contributed by atoms with van der Waals surface area (Å²) in [5.74, 6) is 0.421. The van der Waals surface area contributed by atoms with Gasteiger partial charge in [0.15, 0.2) is 0 Å². The minimum Gasteiger partial charge on any atom is -0.368 e. The molecule has 1 aromatic heterocycles. The Balaban J connectivity index is 1.38. The summed E-state index contributed by atoms with van der Waals surface area (Å²) in [6.45, 7) is 4.95. The average molecular weight is 450 g/mol. The molecule has 0 unspecified atom stereocenters. The first-order valence-electron chi connectivity index (χ1n) is 11.3. The highest BCUT2D eigenvalue weighted by atomic mass is 35.5. The maximum atomic E-state index is 13.6. The molecule has 2 fully saturated rings. The molecule has 3 aromatic rings. The summed E-state index contributed by atoms with van der Waals surface area (Å²) in [5.41, 5.74) is 3.96. The maximum Gasteiger partial charge on any atom is 0.257 e. The third-order valence-electron chi connectivity index (χ3n) is 6.52. The van der Waals surface area contributed by atoms with Gasteiger partial charge in [0.1, 0.15) is 0 Å². The monoisotopic (exact) mass is 449 g/mol. The Kier molecular flexibility index (Phi) is 6.14. The zero-order valence-corrected chi connectivity index (χ0v) is 18.8. The molecule has 1 N–H and O–H groups in total. The molecule has 2 aromatic carbocycles. The smallest absolute Gasteiger partial charge is 0.257 e. The molecular formula is C25H28ClN5O. The van der Waals surface area contributed by atoms with Crippen LogP contribution in [-0.2, 0) is 0 Å². The lowest BCUT2D eigenvalue weighted by Gasteiger charge is -2.36. The van der Waals surface area contributed by atoms with Gasteiger partial charge in [-0.1, -0.05) is 29.8 Å². The fourth-order valence-corrected chi connectivity index (χ4v) is 4.90. The second-order valence-corrected chi connectivity index (χ2v) is 8.91. The van der Waals surface area contributed by atoms with Crippen molar-refractivity contribution >= 4 is 23.2 Å². The minimum atomic E-state index is 0.0940. The molecule has 32 heavy (non-hydrogen) atoms. The van der Waals surface area contributed by atoms with E-state index in [9.17, 15) is 4.79 Å². The van der Waals surface area contributed by atoms with Crippen molar-refractivity contribution in [3.8, 4) is 5.69 Å². The van der Waals surface area contributed by atoms with Gasteiger partial charge in [0.25, 0.3) is 5.91 Å². The molecule has 0 radical (unpaired) electrons. The number of benzene rings is 2. The van der Waals surface area contributed by atoms with Crippen molar-refractivity contribution in [3.05, 3.63) is 77.1 Å². The molecule has 166 valence electrons. The number of rotatable bonds is 4. The molecule has 2 aliphatic heterocycles. The number of carbonyl (C=O) groups is 1. The molecule has 0 saturated carbocycles. The zero-order chi connectivity index (χ0) is 21.9. The number of hydrogen-bond acceptors (Lipinski definition) is 4. The van der Waals surface area contributed by atoms with Gasteiger partial charge in [-0.2, -0.15) is 5.10 Å². The number of nitrogens with one attached hydrogen (secondary N) is 1. The molecule has 0 atom stereocenters. The van der Waals surface area contributed by atoms with Crippen molar-refractivity contribution in [1.29, 1.82) is 0 Å². The summed E-state index contributed by atoms with van der Waals surface area (Å²) in [5, 5.41) is 8.85. The molecule has 0 aliphatic carbocycles. The standard InChI is InChI=1S/C25H28ClN5O/c26-20-6-8-21(9-7-20)29-14-16-30(17-15-29)25(32)23-18-28-31(22-4-2-1-3-5-22)24(23)19-10-12-27-13-11-19/h1-9,18-19,27H,10-17H2. The highest BCUT2D eigenvalue weighted by Crippen LogP contribution is 2.31. The number of halogens is 1. The van der Waals surface area contributed by atoms with Crippen molar-refractivity contribution in [3.63, 3.8) is 0 Å². The van der Waals surface area contributed by atoms with Crippen molar-refractivity contribution < 1.29 is 4.79 Å². The number of aromatic nitrogens is 2. The van der Waals surface area contributed by atoms with E-state index in [0.29, 0.717) is 19.0 Å². The van der Waals surface area contributed by atoms with Gasteiger partial charge in [-0.3, -0.25) is 4.79 Å². The van der Waals surface area contributed by atoms with Crippen LogP contribution < -0.4 is 10.2 Å². The third-order valence-corrected chi connectivity index (χ3v) is 6.77. The van der Waals surface area contributed by atoms with Crippen molar-refractivity contribution in [1.82, 2.24) is 20.0 Å². The van der Waals surface area contributed by atoms with Crippen LogP contribution in [0.4, 0.5) is 5.69 Å². The number of para-hydroxylation sites is 1. The minimum absolute atomic E-state index is 0.0940. The molecule has 1 amide bonds. The van der Waals surface area contributed by atoms with E-state index in [1.807, 2.05) is 52.0 Å². The lowest BCUT2D eigenvalue weighted by molar-refractivity contribution is 0.0744. The first kappa shape index (κ1) is 21.0. The van der Waals surface area contributed by atoms with Crippen molar-refractivity contribution in [2.75, 3.05) is 44.2 Å². The Hall–Kier alpha value is -2.83. The number of anilines is 1. The highest BCUT2D eigenvalue weighted by Gasteiger charge is 2.30. The van der Waals surface area contributed by atoms with Gasteiger partial charge in [-0.15, -0.1) is 0 Å². The molecule has 3 heterocycles. The van der Waals surface area contributed by atoms with Crippen LogP contribution in [0.25, 0.3) is 5.69 Å². The number of piperidine rings is 1. The number of amides is 1. The Morgan fingerprint density at radius 2 is 1.59 bits per heavy atom. The lowest BCUT2D eigenvalue weighted by Crippen LogP contribution is -2.49. The van der Waals surface area contributed by atoms with Crippen LogP contribution in [0.5, 0.6) is 0 Å². The molecule has 0 bridgehead atoms. The summed E-state index contributed by atoms with van der Waals surface area (Å²) >= 11 is 6.02. The first-order valence-corrected chi connectivity index (χ1v) is 11.7. The Morgan fingerprint density at radius 3 is 2.28 bits per heavy atom. The van der Waals surface area contributed by atoms with Gasteiger partial charge in [0.2, 0.25) is 0 Å². The van der Waals surface area contributed by atoms with Crippen LogP contribution >= 0.6 is 11.6 Å². The van der Waals surface area contributed by atoms with E-state index >= 15 is 0 Å². The number of carbonyl (C=O) groups excluding carboxylic acids is 1. The SMILES string of the molecule is O=C(c1cnn(-c2ccccc2)c1C1CCNCC1)N1CCN(c2ccc(Cl)cc2)CC1. The van der Waals surface area contributed by atoms with Gasteiger partial charge in [0, 0.05) is 42.8 Å². The number of nitrogens with zero attached hydrogens (tertiary/aromatic N) is 4. The normalized spacial score (nSPS) is 17.5. The third kappa shape index (κ3) is 4.25. The Labute approximate surface area is 193 Å². The highest BCUT2D eigenvalue weighted by molar-refractivity contribution is 6.30. The summed E-state index contributed by atoms with van der Waals surface area (Å²) in [6, 6.07) is 18.0. The largest absolute Gasteiger partial charge is 0.368 e. The maximum absolute atomic E-state index is 13.6. The predicted molar refractivity (Wildman–Crippen MR) is 128 cm³/mol. The quantitative estimate of drug-likeness (QED) is 0.655. The van der Waals surface area contributed by atoms with Crippen LogP contribution in [0.3, 0.4) is 0 Å². The van der Waals surface area contributed by atoms with E-state index in [0.717, 1.165) is 66.7 Å². The van der Waals surface area contributed by atoms with Crippen molar-refractivity contribution in [2.45, 2.75) is 18.8 Å². The van der Waals surface area contributed by atoms with Crippen LogP contribution in [0.2, 0.25) is 5.02 Å². The van der Waals surface area contributed by atoms with Crippen LogP contribution in [0.1, 0.15) is 34.8 Å². The fraction of sp³-hybridized carbons (Fsp3) is 0.360. The summed E-state index contributed by atoms with van der Waals surface area (Å²) in [6.07, 6.45) is 3.81. The molecule has 2 aliphatic rings. The van der Waals surface area contributed by atoms with Crippen LogP contribution in [-0.4, -0.2) is 59.9 Å². The van der Waals surface area contributed by atoms with Crippen molar-refractivity contribution in [2.24, 2.45) is 0 Å². The van der Waals surface area contributed by atoms with Gasteiger partial charge >= 0.3 is 0 Å². The van der Waals surface area contributed by atoms with E-state index in [2.05, 4.69) is 27.4 Å². The summed E-state index contributed by atoms with van der Waals surface area (Å²) in [7, 11) is 0. The number of hydrogen-bond donors (Lipinski definition) is 1. The molecule has 6 nitrogen and oxygen atoms in total. The zero-order valence-electron chi connectivity index (χ0n) is 18.1. The molecule has 5 rings (SSSR count). The molecule has 2 saturated heterocycles. The first-order chi connectivity index (χ1) is 15.7. The van der Waals surface area contributed by atoms with Crippen LogP contribution in [0, 0.1) is 0 Å². The fourth-order valence-electron chi connectivity index (χ4n) is 4.78. The lowest BCUT2D eigenvalue weighted by atomic mass is 9.91. The Bertz CT molecular complexity index is 1050. The van der Waals surface area contributed by atoms with E-state index < -0.39 is 0 Å². The summed E-state index contributed by atoms with van der Waals surface area (Å²) in [4.78, 5) is 17.9. The average Bonchev–Trinajstić information content (AvgIpc) is 3.30. The van der Waals surface area contributed by atoms with E-state index in [1.165, 1.54) is 0 Å². The Morgan fingerprint density at radius 1 is 0.906 bits per heavy atom. The molecule has 7 heteroatoms. The van der Waals surface area contributed by atoms with E-state index in [1.54, 1.807) is 6.20 Å². The number of piperazine rings is 1. The van der Waals surface area contributed by atoms with E-state index in [-0.39, 0.29) is 5.91 Å². The summed E-state index contributed by atoms with van der Waals surface area (Å²) < 4.78 is 1.98. The van der Waals surface area contributed by atoms with E-state index in [4.69, 9.17) is 11.6 Å². The van der Waals surface area contributed by atoms with Crippen LogP contribution in [0.15, 0.2) is 60.8 Å². The van der Waals surface area contributed by atoms with Gasteiger partial charge < -0.3 is 15.1 Å². The van der Waals surface area contributed by atoms with Gasteiger partial charge in [-0.05, 0) is 62.3 Å².